The molecule has 0 heterocycles. The summed E-state index contributed by atoms with van der Waals surface area (Å²) in [6.07, 6.45) is 0.437. The van der Waals surface area contributed by atoms with Crippen molar-refractivity contribution >= 4 is 11.9 Å². The van der Waals surface area contributed by atoms with Gasteiger partial charge in [0.25, 0.3) is 0 Å². The van der Waals surface area contributed by atoms with Crippen LogP contribution in [0.2, 0.25) is 0 Å². The van der Waals surface area contributed by atoms with Crippen LogP contribution in [0.25, 0.3) is 0 Å². The highest BCUT2D eigenvalue weighted by atomic mass is 16.5. The smallest absolute Gasteiger partial charge is 0.307 e. The number of carbonyl (C=O) groups excluding carboxylic acids is 1. The first-order chi connectivity index (χ1) is 9.52. The molecule has 0 aromatic heterocycles. The van der Waals surface area contributed by atoms with E-state index in [1.807, 2.05) is 38.1 Å². The van der Waals surface area contributed by atoms with E-state index in [9.17, 15) is 9.59 Å². The highest BCUT2D eigenvalue weighted by Crippen LogP contribution is 2.39. The second-order valence-corrected chi connectivity index (χ2v) is 5.02. The number of carboxylic acids is 1. The third-order valence-electron chi connectivity index (χ3n) is 3.47. The molecular weight excluding hydrogens is 258 g/mol. The Labute approximate surface area is 117 Å². The van der Waals surface area contributed by atoms with Gasteiger partial charge in [-0.05, 0) is 38.0 Å². The third kappa shape index (κ3) is 3.29. The van der Waals surface area contributed by atoms with Crippen molar-refractivity contribution in [2.24, 2.45) is 11.8 Å². The van der Waals surface area contributed by atoms with Gasteiger partial charge in [-0.15, -0.1) is 0 Å². The Balaban J connectivity index is 1.94. The summed E-state index contributed by atoms with van der Waals surface area (Å²) in [5.74, 6) is -1.22. The Morgan fingerprint density at radius 3 is 2.80 bits per heavy atom. The van der Waals surface area contributed by atoms with Crippen molar-refractivity contribution in [3.05, 3.63) is 29.8 Å². The van der Waals surface area contributed by atoms with E-state index >= 15 is 0 Å². The highest BCUT2D eigenvalue weighted by molar-refractivity contribution is 5.89. The molecule has 1 aliphatic rings. The third-order valence-corrected chi connectivity index (χ3v) is 3.47. The number of aliphatic carboxylic acids is 1. The molecular formula is C15H19NO4. The minimum atomic E-state index is -0.892. The molecule has 0 saturated heterocycles. The Hall–Kier alpha value is -2.04. The van der Waals surface area contributed by atoms with Crippen LogP contribution in [0.5, 0.6) is 5.75 Å². The lowest BCUT2D eigenvalue weighted by atomic mass is 10.1. The van der Waals surface area contributed by atoms with Gasteiger partial charge in [-0.1, -0.05) is 12.1 Å². The van der Waals surface area contributed by atoms with Crippen molar-refractivity contribution in [2.75, 3.05) is 6.61 Å². The predicted molar refractivity (Wildman–Crippen MR) is 73.4 cm³/mol. The van der Waals surface area contributed by atoms with E-state index in [0.29, 0.717) is 13.0 Å². The van der Waals surface area contributed by atoms with Crippen LogP contribution in [-0.4, -0.2) is 23.6 Å². The van der Waals surface area contributed by atoms with Gasteiger partial charge in [0.2, 0.25) is 5.91 Å². The van der Waals surface area contributed by atoms with Gasteiger partial charge in [0.15, 0.2) is 0 Å². The molecule has 5 nitrogen and oxygen atoms in total. The van der Waals surface area contributed by atoms with Gasteiger partial charge in [-0.2, -0.15) is 0 Å². The monoisotopic (exact) mass is 277 g/mol. The fourth-order valence-corrected chi connectivity index (χ4v) is 2.20. The molecule has 1 aliphatic carbocycles. The van der Waals surface area contributed by atoms with Crippen molar-refractivity contribution in [1.82, 2.24) is 5.32 Å². The lowest BCUT2D eigenvalue weighted by Gasteiger charge is -2.15. The van der Waals surface area contributed by atoms with Crippen LogP contribution in [0, 0.1) is 11.8 Å². The zero-order chi connectivity index (χ0) is 14.7. The number of carbonyl (C=O) groups is 2. The predicted octanol–water partition coefficient (Wildman–Crippen LogP) is 1.98. The van der Waals surface area contributed by atoms with E-state index in [0.717, 1.165) is 11.3 Å². The maximum atomic E-state index is 11.9. The van der Waals surface area contributed by atoms with Gasteiger partial charge >= 0.3 is 5.97 Å². The largest absolute Gasteiger partial charge is 0.494 e. The number of carboxylic acid groups (broad SMARTS) is 1. The number of ether oxygens (including phenoxy) is 1. The van der Waals surface area contributed by atoms with Crippen LogP contribution in [0.1, 0.15) is 31.9 Å². The van der Waals surface area contributed by atoms with Crippen molar-refractivity contribution in [3.63, 3.8) is 0 Å². The molecule has 20 heavy (non-hydrogen) atoms. The molecule has 2 rings (SSSR count). The zero-order valence-corrected chi connectivity index (χ0v) is 11.6. The summed E-state index contributed by atoms with van der Waals surface area (Å²) in [4.78, 5) is 22.7. The molecule has 0 aliphatic heterocycles. The first-order valence-corrected chi connectivity index (χ1v) is 6.79. The summed E-state index contributed by atoms with van der Waals surface area (Å²) in [5.41, 5.74) is 0.942. The fourth-order valence-electron chi connectivity index (χ4n) is 2.20. The summed E-state index contributed by atoms with van der Waals surface area (Å²) < 4.78 is 5.42. The normalized spacial score (nSPS) is 21.9. The SMILES string of the molecule is CCOc1cccc(C(C)NC(=O)C2CC2C(=O)O)c1. The van der Waals surface area contributed by atoms with E-state index in [4.69, 9.17) is 9.84 Å². The number of nitrogens with one attached hydrogen (secondary N) is 1. The van der Waals surface area contributed by atoms with Gasteiger partial charge in [0.05, 0.1) is 24.5 Å². The minimum absolute atomic E-state index is 0.169. The van der Waals surface area contributed by atoms with E-state index in [-0.39, 0.29) is 17.9 Å². The summed E-state index contributed by atoms with van der Waals surface area (Å²) >= 11 is 0. The molecule has 0 bridgehead atoms. The number of hydrogen-bond donors (Lipinski definition) is 2. The van der Waals surface area contributed by atoms with Gasteiger partial charge in [-0.25, -0.2) is 0 Å². The first-order valence-electron chi connectivity index (χ1n) is 6.79. The molecule has 1 fully saturated rings. The standard InChI is InChI=1S/C15H19NO4/c1-3-20-11-6-4-5-10(7-11)9(2)16-14(17)12-8-13(12)15(18)19/h4-7,9,12-13H,3,8H2,1-2H3,(H,16,17)(H,18,19). The molecule has 3 unspecified atom stereocenters. The van der Waals surface area contributed by atoms with Crippen LogP contribution < -0.4 is 10.1 Å². The Bertz CT molecular complexity index is 514. The molecule has 1 aromatic rings. The summed E-state index contributed by atoms with van der Waals surface area (Å²) in [6.45, 7) is 4.38. The second kappa shape index (κ2) is 5.94. The highest BCUT2D eigenvalue weighted by Gasteiger charge is 2.48. The quantitative estimate of drug-likeness (QED) is 0.833. The average molecular weight is 277 g/mol. The van der Waals surface area contributed by atoms with Gasteiger partial charge < -0.3 is 15.2 Å². The Kier molecular flexibility index (Phi) is 4.27. The van der Waals surface area contributed by atoms with Crippen LogP contribution in [-0.2, 0) is 9.59 Å². The van der Waals surface area contributed by atoms with E-state index in [2.05, 4.69) is 5.32 Å². The van der Waals surface area contributed by atoms with Crippen molar-refractivity contribution in [2.45, 2.75) is 26.3 Å². The van der Waals surface area contributed by atoms with E-state index in [1.165, 1.54) is 0 Å². The number of rotatable bonds is 6. The number of amides is 1. The van der Waals surface area contributed by atoms with Crippen LogP contribution in [0.15, 0.2) is 24.3 Å². The molecule has 2 N–H and O–H groups in total. The van der Waals surface area contributed by atoms with Gasteiger partial charge in [0.1, 0.15) is 5.75 Å². The molecule has 1 amide bonds. The summed E-state index contributed by atoms with van der Waals surface area (Å²) in [7, 11) is 0. The maximum Gasteiger partial charge on any atom is 0.307 e. The number of benzene rings is 1. The van der Waals surface area contributed by atoms with Crippen molar-refractivity contribution < 1.29 is 19.4 Å². The minimum Gasteiger partial charge on any atom is -0.494 e. The molecule has 108 valence electrons. The van der Waals surface area contributed by atoms with E-state index in [1.54, 1.807) is 0 Å². The summed E-state index contributed by atoms with van der Waals surface area (Å²) in [6, 6.07) is 7.37. The van der Waals surface area contributed by atoms with E-state index < -0.39 is 11.9 Å². The lowest BCUT2D eigenvalue weighted by molar-refractivity contribution is -0.140. The van der Waals surface area contributed by atoms with Crippen LogP contribution >= 0.6 is 0 Å². The lowest BCUT2D eigenvalue weighted by Crippen LogP contribution is -2.29. The maximum absolute atomic E-state index is 11.9. The zero-order valence-electron chi connectivity index (χ0n) is 11.6. The van der Waals surface area contributed by atoms with Gasteiger partial charge in [-0.3, -0.25) is 9.59 Å². The summed E-state index contributed by atoms with van der Waals surface area (Å²) in [5, 5.41) is 11.7. The Morgan fingerprint density at radius 1 is 1.45 bits per heavy atom. The molecule has 1 saturated carbocycles. The molecule has 1 aromatic carbocycles. The topological polar surface area (TPSA) is 75.6 Å². The first kappa shape index (κ1) is 14.4. The van der Waals surface area contributed by atoms with Crippen molar-refractivity contribution in [3.8, 4) is 5.75 Å². The Morgan fingerprint density at radius 2 is 2.20 bits per heavy atom. The molecule has 3 atom stereocenters. The van der Waals surface area contributed by atoms with Gasteiger partial charge in [0, 0.05) is 0 Å². The van der Waals surface area contributed by atoms with Crippen LogP contribution in [0.4, 0.5) is 0 Å². The van der Waals surface area contributed by atoms with Crippen molar-refractivity contribution in [1.29, 1.82) is 0 Å². The second-order valence-electron chi connectivity index (χ2n) is 5.02. The molecule has 0 spiro atoms. The molecule has 0 radical (unpaired) electrons. The fraction of sp³-hybridized carbons (Fsp3) is 0.467. The van der Waals surface area contributed by atoms with Crippen LogP contribution in [0.3, 0.4) is 0 Å². The molecule has 5 heteroatoms. The number of hydrogen-bond acceptors (Lipinski definition) is 3. The average Bonchev–Trinajstić information content (AvgIpc) is 3.19.